The fraction of sp³-hybridized carbons (Fsp3) is 0.304. The van der Waals surface area contributed by atoms with Crippen molar-refractivity contribution in [3.8, 4) is 5.75 Å². The summed E-state index contributed by atoms with van der Waals surface area (Å²) in [4.78, 5) is 24.1. The molecule has 2 atom stereocenters. The molecule has 0 bridgehead atoms. The molecule has 2 aromatic carbocycles. The van der Waals surface area contributed by atoms with Crippen molar-refractivity contribution in [1.82, 2.24) is 5.48 Å². The van der Waals surface area contributed by atoms with E-state index in [1.807, 2.05) is 19.1 Å². The highest BCUT2D eigenvalue weighted by Crippen LogP contribution is 2.27. The number of hydrogen-bond donors (Lipinski definition) is 4. The first-order chi connectivity index (χ1) is 15.5. The molecule has 4 N–H and O–H groups in total. The first-order valence-corrected chi connectivity index (χ1v) is 10.1. The normalized spacial score (nSPS) is 12.8. The Balaban J connectivity index is 2.27. The standard InChI is InChI=1S/C23H28N2O7/c1-3-30-20(12-13-21(27)25-29)22(17-6-10-19(11-7-17)31-15-14-26)32-23(28)24-18-8-4-16(2)5-9-18/h4-13,20,22,26,29H,3,14-15H2,1-2H3,(H,24,28)(H,25,27)/b13-12+/t20-,22-/m1/s1. The number of aryl methyl sites for hydroxylation is 1. The van der Waals surface area contributed by atoms with Crippen LogP contribution in [0.4, 0.5) is 10.5 Å². The van der Waals surface area contributed by atoms with Gasteiger partial charge in [-0.25, -0.2) is 10.3 Å². The first kappa shape index (κ1) is 24.9. The van der Waals surface area contributed by atoms with Gasteiger partial charge in [-0.1, -0.05) is 29.8 Å². The molecule has 2 amide bonds. The van der Waals surface area contributed by atoms with Crippen molar-refractivity contribution < 1.29 is 34.1 Å². The molecule has 0 saturated carbocycles. The Morgan fingerprint density at radius 1 is 1.09 bits per heavy atom. The Morgan fingerprint density at radius 2 is 1.78 bits per heavy atom. The average molecular weight is 444 g/mol. The van der Waals surface area contributed by atoms with Gasteiger partial charge in [-0.2, -0.15) is 0 Å². The molecule has 0 heterocycles. The monoisotopic (exact) mass is 444 g/mol. The zero-order chi connectivity index (χ0) is 23.3. The number of benzene rings is 2. The smallest absolute Gasteiger partial charge is 0.412 e. The van der Waals surface area contributed by atoms with Gasteiger partial charge in [0.25, 0.3) is 5.91 Å². The number of ether oxygens (including phenoxy) is 3. The van der Waals surface area contributed by atoms with Gasteiger partial charge in [0.15, 0.2) is 6.10 Å². The number of aliphatic hydroxyl groups is 1. The van der Waals surface area contributed by atoms with E-state index in [0.717, 1.165) is 11.6 Å². The van der Waals surface area contributed by atoms with Gasteiger partial charge >= 0.3 is 6.09 Å². The van der Waals surface area contributed by atoms with Crippen molar-refractivity contribution in [3.63, 3.8) is 0 Å². The van der Waals surface area contributed by atoms with E-state index in [-0.39, 0.29) is 19.8 Å². The molecule has 2 rings (SSSR count). The van der Waals surface area contributed by atoms with Crippen LogP contribution in [0.3, 0.4) is 0 Å². The van der Waals surface area contributed by atoms with Crippen molar-refractivity contribution in [2.75, 3.05) is 25.1 Å². The minimum absolute atomic E-state index is 0.114. The van der Waals surface area contributed by atoms with Crippen LogP contribution in [0.2, 0.25) is 0 Å². The zero-order valence-corrected chi connectivity index (χ0v) is 18.0. The highest BCUT2D eigenvalue weighted by atomic mass is 16.6. The molecule has 0 aliphatic rings. The molecule has 172 valence electrons. The predicted octanol–water partition coefficient (Wildman–Crippen LogP) is 3.12. The fourth-order valence-electron chi connectivity index (χ4n) is 2.80. The molecule has 32 heavy (non-hydrogen) atoms. The molecule has 0 fully saturated rings. The van der Waals surface area contributed by atoms with Crippen LogP contribution in [-0.2, 0) is 14.3 Å². The number of carbonyl (C=O) groups is 2. The number of rotatable bonds is 11. The summed E-state index contributed by atoms with van der Waals surface area (Å²) >= 11 is 0. The van der Waals surface area contributed by atoms with E-state index in [9.17, 15) is 9.59 Å². The third-order valence-corrected chi connectivity index (χ3v) is 4.31. The summed E-state index contributed by atoms with van der Waals surface area (Å²) in [6.07, 6.45) is 0.0620. The van der Waals surface area contributed by atoms with Crippen molar-refractivity contribution in [2.24, 2.45) is 0 Å². The largest absolute Gasteiger partial charge is 0.491 e. The quantitative estimate of drug-likeness (QED) is 0.238. The number of hydroxylamine groups is 1. The second kappa shape index (κ2) is 13.1. The lowest BCUT2D eigenvalue weighted by Gasteiger charge is -2.25. The van der Waals surface area contributed by atoms with Gasteiger partial charge in [-0.3, -0.25) is 15.3 Å². The molecule has 0 aliphatic carbocycles. The van der Waals surface area contributed by atoms with Crippen molar-refractivity contribution in [2.45, 2.75) is 26.1 Å². The van der Waals surface area contributed by atoms with Crippen LogP contribution in [0, 0.1) is 6.92 Å². The van der Waals surface area contributed by atoms with Crippen LogP contribution in [0.1, 0.15) is 24.2 Å². The Bertz CT molecular complexity index is 882. The lowest BCUT2D eigenvalue weighted by molar-refractivity contribution is -0.124. The molecule has 0 radical (unpaired) electrons. The summed E-state index contributed by atoms with van der Waals surface area (Å²) in [5, 5.41) is 20.3. The predicted molar refractivity (Wildman–Crippen MR) is 118 cm³/mol. The SMILES string of the molecule is CCO[C@H](/C=C/C(=O)NO)[C@H](OC(=O)Nc1ccc(C)cc1)c1ccc(OCCO)cc1. The summed E-state index contributed by atoms with van der Waals surface area (Å²) in [5.41, 5.74) is 3.71. The molecular formula is C23H28N2O7. The summed E-state index contributed by atoms with van der Waals surface area (Å²) in [6.45, 7) is 4.03. The van der Waals surface area contributed by atoms with Gasteiger partial charge in [-0.15, -0.1) is 0 Å². The van der Waals surface area contributed by atoms with Crippen LogP contribution in [0.25, 0.3) is 0 Å². The van der Waals surface area contributed by atoms with Crippen molar-refractivity contribution in [1.29, 1.82) is 0 Å². The first-order valence-electron chi connectivity index (χ1n) is 10.1. The van der Waals surface area contributed by atoms with E-state index in [4.69, 9.17) is 24.5 Å². The van der Waals surface area contributed by atoms with Crippen LogP contribution >= 0.6 is 0 Å². The molecule has 0 saturated heterocycles. The Labute approximate surface area is 186 Å². The van der Waals surface area contributed by atoms with Gasteiger partial charge in [0.05, 0.1) is 6.61 Å². The van der Waals surface area contributed by atoms with E-state index in [0.29, 0.717) is 17.0 Å². The summed E-state index contributed by atoms with van der Waals surface area (Å²) < 4.78 is 16.7. The third kappa shape index (κ3) is 8.03. The van der Waals surface area contributed by atoms with E-state index in [1.54, 1.807) is 43.3 Å². The molecule has 0 aliphatic heterocycles. The number of nitrogens with one attached hydrogen (secondary N) is 2. The summed E-state index contributed by atoms with van der Waals surface area (Å²) in [7, 11) is 0. The maximum Gasteiger partial charge on any atom is 0.412 e. The molecule has 2 aromatic rings. The number of hydrogen-bond acceptors (Lipinski definition) is 7. The summed E-state index contributed by atoms with van der Waals surface area (Å²) in [6, 6.07) is 14.0. The molecule has 9 heteroatoms. The Kier molecular flexibility index (Phi) is 10.2. The number of amides is 2. The lowest BCUT2D eigenvalue weighted by Crippen LogP contribution is -2.28. The van der Waals surface area contributed by atoms with Gasteiger partial charge in [0.1, 0.15) is 18.5 Å². The number of carbonyl (C=O) groups excluding carboxylic acids is 2. The number of aliphatic hydroxyl groups excluding tert-OH is 1. The van der Waals surface area contributed by atoms with Gasteiger partial charge in [0.2, 0.25) is 0 Å². The topological polar surface area (TPSA) is 126 Å². The van der Waals surface area contributed by atoms with Gasteiger partial charge in [0, 0.05) is 18.4 Å². The molecule has 0 unspecified atom stereocenters. The van der Waals surface area contributed by atoms with Gasteiger partial charge in [-0.05, 0) is 49.8 Å². The fourth-order valence-corrected chi connectivity index (χ4v) is 2.80. The highest BCUT2D eigenvalue weighted by molar-refractivity contribution is 5.86. The molecule has 0 spiro atoms. The molecule has 9 nitrogen and oxygen atoms in total. The average Bonchev–Trinajstić information content (AvgIpc) is 2.80. The second-order valence-electron chi connectivity index (χ2n) is 6.71. The van der Waals surface area contributed by atoms with E-state index < -0.39 is 24.2 Å². The number of anilines is 1. The highest BCUT2D eigenvalue weighted by Gasteiger charge is 2.26. The maximum atomic E-state index is 12.6. The minimum atomic E-state index is -0.907. The third-order valence-electron chi connectivity index (χ3n) is 4.31. The Hall–Kier alpha value is -3.40. The zero-order valence-electron chi connectivity index (χ0n) is 18.0. The van der Waals surface area contributed by atoms with Crippen LogP contribution in [-0.4, -0.2) is 48.2 Å². The molecular weight excluding hydrogens is 416 g/mol. The van der Waals surface area contributed by atoms with Crippen LogP contribution < -0.4 is 15.5 Å². The van der Waals surface area contributed by atoms with Crippen LogP contribution in [0.5, 0.6) is 5.75 Å². The molecule has 0 aromatic heterocycles. The van der Waals surface area contributed by atoms with E-state index in [2.05, 4.69) is 5.32 Å². The van der Waals surface area contributed by atoms with E-state index >= 15 is 0 Å². The van der Waals surface area contributed by atoms with Crippen molar-refractivity contribution >= 4 is 17.7 Å². The maximum absolute atomic E-state index is 12.6. The summed E-state index contributed by atoms with van der Waals surface area (Å²) in [5.74, 6) is -0.209. The van der Waals surface area contributed by atoms with E-state index in [1.165, 1.54) is 11.6 Å². The lowest BCUT2D eigenvalue weighted by atomic mass is 10.0. The van der Waals surface area contributed by atoms with Crippen LogP contribution in [0.15, 0.2) is 60.7 Å². The Morgan fingerprint density at radius 3 is 2.38 bits per heavy atom. The van der Waals surface area contributed by atoms with Crippen molar-refractivity contribution in [3.05, 3.63) is 71.8 Å². The second-order valence-corrected chi connectivity index (χ2v) is 6.71. The van der Waals surface area contributed by atoms with Gasteiger partial charge < -0.3 is 19.3 Å². The minimum Gasteiger partial charge on any atom is -0.491 e.